The lowest BCUT2D eigenvalue weighted by Crippen LogP contribution is -2.42. The Morgan fingerprint density at radius 2 is 2.25 bits per heavy atom. The highest BCUT2D eigenvalue weighted by atomic mass is 16.5. The summed E-state index contributed by atoms with van der Waals surface area (Å²) in [7, 11) is 0. The maximum absolute atomic E-state index is 12.3. The van der Waals surface area contributed by atoms with Gasteiger partial charge < -0.3 is 19.9 Å². The van der Waals surface area contributed by atoms with Crippen molar-refractivity contribution in [2.45, 2.75) is 51.5 Å². The Kier molecular flexibility index (Phi) is 5.85. The molecule has 0 unspecified atom stereocenters. The van der Waals surface area contributed by atoms with Crippen LogP contribution in [0.2, 0.25) is 0 Å². The van der Waals surface area contributed by atoms with E-state index in [1.165, 1.54) is 18.4 Å². The molecule has 1 aliphatic carbocycles. The zero-order valence-electron chi connectivity index (χ0n) is 14.2. The summed E-state index contributed by atoms with van der Waals surface area (Å²) in [5, 5.41) is 9.82. The van der Waals surface area contributed by atoms with Gasteiger partial charge in [-0.1, -0.05) is 16.8 Å². The fraction of sp³-hybridized carbons (Fsp3) is 0.706. The molecule has 0 radical (unpaired) electrons. The standard InChI is InChI=1S/C17H26N4O3/c1-12-19-16(24-21-12)15(14-7-10-23-11-8-14)20-17(22)18-9-6-13-4-2-3-5-13/h4,14-15H,2-3,5-11H2,1H3,(H2,18,20,22)/t15-/m1/s1. The minimum absolute atomic E-state index is 0.180. The number of aryl methyl sites for hydroxylation is 1. The van der Waals surface area contributed by atoms with E-state index in [-0.39, 0.29) is 18.0 Å². The highest BCUT2D eigenvalue weighted by Crippen LogP contribution is 2.29. The number of carbonyl (C=O) groups is 1. The molecule has 2 aliphatic rings. The van der Waals surface area contributed by atoms with E-state index in [2.05, 4.69) is 26.9 Å². The van der Waals surface area contributed by atoms with Crippen LogP contribution in [-0.2, 0) is 4.74 Å². The highest BCUT2D eigenvalue weighted by molar-refractivity contribution is 5.74. The van der Waals surface area contributed by atoms with Crippen LogP contribution in [0, 0.1) is 12.8 Å². The van der Waals surface area contributed by atoms with Gasteiger partial charge in [-0.3, -0.25) is 0 Å². The number of rotatable bonds is 6. The average molecular weight is 334 g/mol. The van der Waals surface area contributed by atoms with Crippen LogP contribution in [0.5, 0.6) is 0 Å². The second-order valence-electron chi connectivity index (χ2n) is 6.51. The number of hydrogen-bond donors (Lipinski definition) is 2. The van der Waals surface area contributed by atoms with E-state index in [0.29, 0.717) is 31.5 Å². The molecule has 7 nitrogen and oxygen atoms in total. The number of urea groups is 1. The first-order valence-electron chi connectivity index (χ1n) is 8.82. The monoisotopic (exact) mass is 334 g/mol. The molecule has 0 bridgehead atoms. The number of aromatic nitrogens is 2. The maximum atomic E-state index is 12.3. The van der Waals surface area contributed by atoms with E-state index in [1.807, 2.05) is 0 Å². The fourth-order valence-corrected chi connectivity index (χ4v) is 3.36. The first-order chi connectivity index (χ1) is 11.7. The average Bonchev–Trinajstić information content (AvgIpc) is 3.25. The largest absolute Gasteiger partial charge is 0.381 e. The van der Waals surface area contributed by atoms with E-state index in [0.717, 1.165) is 25.7 Å². The van der Waals surface area contributed by atoms with E-state index < -0.39 is 0 Å². The summed E-state index contributed by atoms with van der Waals surface area (Å²) in [6, 6.07) is -0.443. The van der Waals surface area contributed by atoms with E-state index in [9.17, 15) is 4.79 Å². The Labute approximate surface area is 142 Å². The Hall–Kier alpha value is -1.89. The lowest BCUT2D eigenvalue weighted by Gasteiger charge is -2.28. The molecule has 1 saturated heterocycles. The molecule has 2 N–H and O–H groups in total. The first kappa shape index (κ1) is 17.0. The number of hydrogen-bond acceptors (Lipinski definition) is 5. The van der Waals surface area contributed by atoms with E-state index in [1.54, 1.807) is 6.92 Å². The number of amides is 2. The molecule has 1 aliphatic heterocycles. The van der Waals surface area contributed by atoms with Crippen molar-refractivity contribution in [1.29, 1.82) is 0 Å². The molecule has 0 saturated carbocycles. The second kappa shape index (κ2) is 8.28. The third kappa shape index (κ3) is 4.56. The van der Waals surface area contributed by atoms with Gasteiger partial charge in [-0.25, -0.2) is 4.79 Å². The second-order valence-corrected chi connectivity index (χ2v) is 6.51. The van der Waals surface area contributed by atoms with Crippen LogP contribution >= 0.6 is 0 Å². The van der Waals surface area contributed by atoms with Gasteiger partial charge in [0.25, 0.3) is 0 Å². The van der Waals surface area contributed by atoms with Gasteiger partial charge in [0.15, 0.2) is 5.82 Å². The van der Waals surface area contributed by atoms with Crippen molar-refractivity contribution >= 4 is 6.03 Å². The fourth-order valence-electron chi connectivity index (χ4n) is 3.36. The molecule has 1 aromatic rings. The van der Waals surface area contributed by atoms with Crippen LogP contribution < -0.4 is 10.6 Å². The summed E-state index contributed by atoms with van der Waals surface area (Å²) in [6.07, 6.45) is 8.53. The minimum atomic E-state index is -0.263. The van der Waals surface area contributed by atoms with Crippen molar-refractivity contribution in [3.05, 3.63) is 23.4 Å². The lowest BCUT2D eigenvalue weighted by atomic mass is 9.91. The van der Waals surface area contributed by atoms with Gasteiger partial charge in [-0.05, 0) is 51.4 Å². The van der Waals surface area contributed by atoms with Crippen molar-refractivity contribution in [3.63, 3.8) is 0 Å². The van der Waals surface area contributed by atoms with Gasteiger partial charge >= 0.3 is 6.03 Å². The first-order valence-corrected chi connectivity index (χ1v) is 8.82. The number of ether oxygens (including phenoxy) is 1. The summed E-state index contributed by atoms with van der Waals surface area (Å²) < 4.78 is 10.7. The van der Waals surface area contributed by atoms with Gasteiger partial charge in [-0.2, -0.15) is 4.98 Å². The molecule has 1 atom stereocenters. The summed E-state index contributed by atoms with van der Waals surface area (Å²) in [6.45, 7) is 3.84. The molecule has 0 aromatic carbocycles. The van der Waals surface area contributed by atoms with Gasteiger partial charge in [0, 0.05) is 19.8 Å². The van der Waals surface area contributed by atoms with Gasteiger partial charge in [0.1, 0.15) is 6.04 Å². The normalized spacial score (nSPS) is 19.8. The van der Waals surface area contributed by atoms with Crippen molar-refractivity contribution in [2.24, 2.45) is 5.92 Å². The maximum Gasteiger partial charge on any atom is 0.315 e. The van der Waals surface area contributed by atoms with Crippen LogP contribution in [0.25, 0.3) is 0 Å². The predicted octanol–water partition coefficient (Wildman–Crippen LogP) is 2.65. The molecule has 1 aromatic heterocycles. The smallest absolute Gasteiger partial charge is 0.315 e. The molecule has 7 heteroatoms. The summed E-state index contributed by atoms with van der Waals surface area (Å²) in [5.74, 6) is 1.31. The van der Waals surface area contributed by atoms with Gasteiger partial charge in [-0.15, -0.1) is 0 Å². The Balaban J connectivity index is 1.55. The minimum Gasteiger partial charge on any atom is -0.381 e. The molecular weight excluding hydrogens is 308 g/mol. The molecule has 2 amide bonds. The predicted molar refractivity (Wildman–Crippen MR) is 88.4 cm³/mol. The third-order valence-electron chi connectivity index (χ3n) is 4.70. The number of allylic oxidation sites excluding steroid dienone is 1. The van der Waals surface area contributed by atoms with Crippen molar-refractivity contribution in [2.75, 3.05) is 19.8 Å². The van der Waals surface area contributed by atoms with Crippen LogP contribution in [-0.4, -0.2) is 35.9 Å². The molecule has 0 spiro atoms. The lowest BCUT2D eigenvalue weighted by molar-refractivity contribution is 0.0503. The number of carbonyl (C=O) groups excluding carboxylic acids is 1. The zero-order valence-corrected chi connectivity index (χ0v) is 14.2. The van der Waals surface area contributed by atoms with Crippen molar-refractivity contribution < 1.29 is 14.1 Å². The molecular formula is C17H26N4O3. The third-order valence-corrected chi connectivity index (χ3v) is 4.70. The van der Waals surface area contributed by atoms with Gasteiger partial charge in [0.05, 0.1) is 0 Å². The highest BCUT2D eigenvalue weighted by Gasteiger charge is 2.31. The Morgan fingerprint density at radius 1 is 1.42 bits per heavy atom. The van der Waals surface area contributed by atoms with Crippen LogP contribution in [0.1, 0.15) is 56.3 Å². The van der Waals surface area contributed by atoms with E-state index >= 15 is 0 Å². The zero-order chi connectivity index (χ0) is 16.8. The van der Waals surface area contributed by atoms with Gasteiger partial charge in [0.2, 0.25) is 5.89 Å². The number of nitrogens with zero attached hydrogens (tertiary/aromatic N) is 2. The molecule has 24 heavy (non-hydrogen) atoms. The number of nitrogens with one attached hydrogen (secondary N) is 2. The quantitative estimate of drug-likeness (QED) is 0.781. The van der Waals surface area contributed by atoms with Crippen molar-refractivity contribution in [3.8, 4) is 0 Å². The molecule has 2 heterocycles. The molecule has 132 valence electrons. The van der Waals surface area contributed by atoms with Crippen molar-refractivity contribution in [1.82, 2.24) is 20.8 Å². The Morgan fingerprint density at radius 3 is 2.92 bits per heavy atom. The van der Waals surface area contributed by atoms with E-state index in [4.69, 9.17) is 9.26 Å². The van der Waals surface area contributed by atoms with Crippen LogP contribution in [0.3, 0.4) is 0 Å². The summed E-state index contributed by atoms with van der Waals surface area (Å²) in [5.41, 5.74) is 1.45. The SMILES string of the molecule is Cc1noc([C@H](NC(=O)NCCC2=CCCC2)C2CCOCC2)n1. The molecule has 3 rings (SSSR count). The van der Waals surface area contributed by atoms with Crippen LogP contribution in [0.4, 0.5) is 4.79 Å². The Bertz CT molecular complexity index is 578. The topological polar surface area (TPSA) is 89.3 Å². The molecule has 1 fully saturated rings. The summed E-state index contributed by atoms with van der Waals surface area (Å²) in [4.78, 5) is 16.6. The summed E-state index contributed by atoms with van der Waals surface area (Å²) >= 11 is 0. The van der Waals surface area contributed by atoms with Crippen LogP contribution in [0.15, 0.2) is 16.2 Å².